The van der Waals surface area contributed by atoms with Crippen molar-refractivity contribution in [2.45, 2.75) is 26.4 Å². The van der Waals surface area contributed by atoms with Gasteiger partial charge in [-0.25, -0.2) is 8.42 Å². The molecule has 1 atom stereocenters. The van der Waals surface area contributed by atoms with Gasteiger partial charge in [0.1, 0.15) is 5.69 Å². The molecule has 3 heterocycles. The standard InChI is InChI=1S/C21H25N3O4S/c1-15-4-6-17(7-5-15)14-23-19(12-18-8-11-28-21(18)23)20(25)22-9-10-24(16(2)13-22)29(3,26)27/h4-8,11-12,16H,9-10,13-14H2,1-3H3/t16-/m0/s1. The van der Waals surface area contributed by atoms with E-state index in [1.54, 1.807) is 11.2 Å². The molecule has 8 heteroatoms. The van der Waals surface area contributed by atoms with Crippen LogP contribution in [0, 0.1) is 6.92 Å². The fraction of sp³-hybridized carbons (Fsp3) is 0.381. The van der Waals surface area contributed by atoms with Gasteiger partial charge in [0, 0.05) is 31.1 Å². The van der Waals surface area contributed by atoms with Crippen molar-refractivity contribution in [3.8, 4) is 0 Å². The summed E-state index contributed by atoms with van der Waals surface area (Å²) < 4.78 is 32.8. The number of carbonyl (C=O) groups excluding carboxylic acids is 1. The van der Waals surface area contributed by atoms with E-state index in [2.05, 4.69) is 0 Å². The summed E-state index contributed by atoms with van der Waals surface area (Å²) in [6.07, 6.45) is 2.83. The van der Waals surface area contributed by atoms with E-state index in [0.717, 1.165) is 10.9 Å². The Morgan fingerprint density at radius 2 is 1.90 bits per heavy atom. The van der Waals surface area contributed by atoms with Crippen molar-refractivity contribution in [2.75, 3.05) is 25.9 Å². The molecule has 0 saturated carbocycles. The molecule has 4 rings (SSSR count). The number of hydrogen-bond acceptors (Lipinski definition) is 4. The number of sulfonamides is 1. The Morgan fingerprint density at radius 3 is 2.55 bits per heavy atom. The van der Waals surface area contributed by atoms with Crippen LogP contribution in [0.15, 0.2) is 47.1 Å². The van der Waals surface area contributed by atoms with Crippen LogP contribution >= 0.6 is 0 Å². The van der Waals surface area contributed by atoms with Crippen LogP contribution in [0.2, 0.25) is 0 Å². The second-order valence-electron chi connectivity index (χ2n) is 7.76. The molecule has 154 valence electrons. The number of fused-ring (bicyclic) bond motifs is 1. The van der Waals surface area contributed by atoms with Gasteiger partial charge in [-0.3, -0.25) is 4.79 Å². The number of carbonyl (C=O) groups is 1. The molecule has 0 spiro atoms. The van der Waals surface area contributed by atoms with Crippen LogP contribution in [0.3, 0.4) is 0 Å². The minimum absolute atomic E-state index is 0.108. The van der Waals surface area contributed by atoms with Gasteiger partial charge in [0.15, 0.2) is 0 Å². The first-order chi connectivity index (χ1) is 13.7. The number of nitrogens with zero attached hydrogens (tertiary/aromatic N) is 3. The number of amides is 1. The summed E-state index contributed by atoms with van der Waals surface area (Å²) in [5.41, 5.74) is 3.48. The Labute approximate surface area is 170 Å². The van der Waals surface area contributed by atoms with E-state index in [9.17, 15) is 13.2 Å². The molecule has 0 aliphatic carbocycles. The lowest BCUT2D eigenvalue weighted by Crippen LogP contribution is -2.55. The fourth-order valence-electron chi connectivity index (χ4n) is 3.97. The number of furan rings is 1. The highest BCUT2D eigenvalue weighted by atomic mass is 32.2. The highest BCUT2D eigenvalue weighted by Gasteiger charge is 2.33. The van der Waals surface area contributed by atoms with Crippen molar-refractivity contribution in [1.29, 1.82) is 0 Å². The predicted molar refractivity (Wildman–Crippen MR) is 111 cm³/mol. The van der Waals surface area contributed by atoms with E-state index in [1.165, 1.54) is 16.1 Å². The largest absolute Gasteiger partial charge is 0.448 e. The lowest BCUT2D eigenvalue weighted by Gasteiger charge is -2.38. The first kappa shape index (κ1) is 19.7. The summed E-state index contributed by atoms with van der Waals surface area (Å²) in [6, 6.07) is 11.6. The van der Waals surface area contributed by atoms with Gasteiger partial charge in [-0.1, -0.05) is 29.8 Å². The van der Waals surface area contributed by atoms with Crippen LogP contribution < -0.4 is 0 Å². The number of aromatic nitrogens is 1. The Kier molecular flexibility index (Phi) is 5.00. The average molecular weight is 416 g/mol. The molecule has 3 aromatic rings. The van der Waals surface area contributed by atoms with Crippen molar-refractivity contribution < 1.29 is 17.6 Å². The van der Waals surface area contributed by atoms with Crippen LogP contribution in [-0.2, 0) is 16.6 Å². The molecule has 2 aromatic heterocycles. The summed E-state index contributed by atoms with van der Waals surface area (Å²) in [5, 5.41) is 0.878. The molecule has 1 aromatic carbocycles. The van der Waals surface area contributed by atoms with Crippen LogP contribution in [0.1, 0.15) is 28.5 Å². The third-order valence-electron chi connectivity index (χ3n) is 5.46. The zero-order valence-corrected chi connectivity index (χ0v) is 17.6. The molecular weight excluding hydrogens is 390 g/mol. The normalized spacial score (nSPS) is 18.4. The Hall–Kier alpha value is -2.58. The molecule has 1 fully saturated rings. The molecule has 29 heavy (non-hydrogen) atoms. The van der Waals surface area contributed by atoms with Crippen molar-refractivity contribution in [3.05, 3.63) is 59.5 Å². The van der Waals surface area contributed by atoms with Gasteiger partial charge in [-0.05, 0) is 31.5 Å². The van der Waals surface area contributed by atoms with Gasteiger partial charge in [-0.2, -0.15) is 4.31 Å². The molecule has 1 aliphatic heterocycles. The van der Waals surface area contributed by atoms with Crippen LogP contribution in [0.25, 0.3) is 11.1 Å². The smallest absolute Gasteiger partial charge is 0.270 e. The van der Waals surface area contributed by atoms with Crippen molar-refractivity contribution >= 4 is 27.0 Å². The van der Waals surface area contributed by atoms with E-state index >= 15 is 0 Å². The predicted octanol–water partition coefficient (Wildman–Crippen LogP) is 2.70. The zero-order valence-electron chi connectivity index (χ0n) is 16.8. The first-order valence-corrected chi connectivity index (χ1v) is 11.5. The van der Waals surface area contributed by atoms with Gasteiger partial charge < -0.3 is 13.9 Å². The SMILES string of the molecule is Cc1ccc(Cn2c(C(=O)N3CCN(S(C)(=O)=O)[C@@H](C)C3)cc3ccoc32)cc1. The summed E-state index contributed by atoms with van der Waals surface area (Å²) >= 11 is 0. The lowest BCUT2D eigenvalue weighted by molar-refractivity contribution is 0.0632. The summed E-state index contributed by atoms with van der Waals surface area (Å²) in [6.45, 7) is 5.43. The minimum atomic E-state index is -3.28. The number of benzene rings is 1. The monoisotopic (exact) mass is 415 g/mol. The summed E-state index contributed by atoms with van der Waals surface area (Å²) in [5.74, 6) is -0.108. The maximum Gasteiger partial charge on any atom is 0.270 e. The molecular formula is C21H25N3O4S. The number of rotatable bonds is 4. The van der Waals surface area contributed by atoms with E-state index in [4.69, 9.17) is 4.42 Å². The van der Waals surface area contributed by atoms with E-state index < -0.39 is 10.0 Å². The molecule has 0 bridgehead atoms. The Balaban J connectivity index is 1.63. The molecule has 7 nitrogen and oxygen atoms in total. The van der Waals surface area contributed by atoms with Crippen molar-refractivity contribution in [2.24, 2.45) is 0 Å². The van der Waals surface area contributed by atoms with Crippen LogP contribution in [0.4, 0.5) is 0 Å². The van der Waals surface area contributed by atoms with Crippen molar-refractivity contribution in [1.82, 2.24) is 13.8 Å². The maximum absolute atomic E-state index is 13.3. The quantitative estimate of drug-likeness (QED) is 0.657. The van der Waals surface area contributed by atoms with E-state index in [0.29, 0.717) is 37.6 Å². The Morgan fingerprint density at radius 1 is 1.17 bits per heavy atom. The zero-order chi connectivity index (χ0) is 20.8. The number of aryl methyl sites for hydroxylation is 1. The number of piperazine rings is 1. The second-order valence-corrected chi connectivity index (χ2v) is 9.69. The van der Waals surface area contributed by atoms with E-state index in [-0.39, 0.29) is 11.9 Å². The highest BCUT2D eigenvalue weighted by Crippen LogP contribution is 2.25. The second kappa shape index (κ2) is 7.35. The average Bonchev–Trinajstić information content (AvgIpc) is 3.24. The van der Waals surface area contributed by atoms with E-state index in [1.807, 2.05) is 54.8 Å². The fourth-order valence-corrected chi connectivity index (χ4v) is 5.10. The molecule has 1 amide bonds. The topological polar surface area (TPSA) is 75.8 Å². The first-order valence-electron chi connectivity index (χ1n) is 9.62. The molecule has 0 radical (unpaired) electrons. The summed E-state index contributed by atoms with van der Waals surface area (Å²) in [7, 11) is -3.28. The molecule has 1 saturated heterocycles. The maximum atomic E-state index is 13.3. The van der Waals surface area contributed by atoms with Gasteiger partial charge in [-0.15, -0.1) is 0 Å². The molecule has 0 N–H and O–H groups in total. The Bertz CT molecular complexity index is 1140. The van der Waals surface area contributed by atoms with Crippen LogP contribution in [0.5, 0.6) is 0 Å². The third-order valence-corrected chi connectivity index (χ3v) is 6.86. The van der Waals surface area contributed by atoms with Gasteiger partial charge in [0.05, 0.1) is 19.1 Å². The molecule has 0 unspecified atom stereocenters. The van der Waals surface area contributed by atoms with Gasteiger partial charge in [0.2, 0.25) is 15.7 Å². The number of hydrogen-bond donors (Lipinski definition) is 0. The van der Waals surface area contributed by atoms with Crippen molar-refractivity contribution in [3.63, 3.8) is 0 Å². The van der Waals surface area contributed by atoms with Crippen LogP contribution in [-0.4, -0.2) is 60.0 Å². The van der Waals surface area contributed by atoms with Gasteiger partial charge in [0.25, 0.3) is 5.91 Å². The third kappa shape index (κ3) is 3.82. The van der Waals surface area contributed by atoms with Gasteiger partial charge >= 0.3 is 0 Å². The highest BCUT2D eigenvalue weighted by molar-refractivity contribution is 7.88. The summed E-state index contributed by atoms with van der Waals surface area (Å²) in [4.78, 5) is 15.1. The molecule has 1 aliphatic rings. The minimum Gasteiger partial charge on any atom is -0.448 e. The lowest BCUT2D eigenvalue weighted by atomic mass is 10.1.